The average molecular weight is 396 g/mol. The molecule has 31 heavy (non-hydrogen) atoms. The molecule has 0 spiro atoms. The lowest BCUT2D eigenvalue weighted by Crippen LogP contribution is -1.85. The fourth-order valence-electron chi connectivity index (χ4n) is 4.38. The van der Waals surface area contributed by atoms with E-state index in [2.05, 4.69) is 114 Å². The van der Waals surface area contributed by atoms with Gasteiger partial charge < -0.3 is 4.98 Å². The van der Waals surface area contributed by atoms with Crippen molar-refractivity contribution in [1.82, 2.24) is 9.97 Å². The van der Waals surface area contributed by atoms with E-state index in [1.54, 1.807) is 0 Å². The predicted molar refractivity (Wildman–Crippen MR) is 130 cm³/mol. The maximum Gasteiger partial charge on any atom is 0.139 e. The van der Waals surface area contributed by atoms with Crippen molar-refractivity contribution < 1.29 is 0 Å². The van der Waals surface area contributed by atoms with Crippen LogP contribution in [0.2, 0.25) is 0 Å². The molecule has 6 aromatic rings. The molecule has 0 saturated heterocycles. The molecule has 146 valence electrons. The van der Waals surface area contributed by atoms with Gasteiger partial charge in [0, 0.05) is 16.7 Å². The van der Waals surface area contributed by atoms with Crippen LogP contribution in [0.15, 0.2) is 115 Å². The minimum Gasteiger partial charge on any atom is -0.337 e. The molecule has 1 aromatic heterocycles. The Morgan fingerprint density at radius 1 is 0.484 bits per heavy atom. The summed E-state index contributed by atoms with van der Waals surface area (Å²) in [5.41, 5.74) is 5.40. The van der Waals surface area contributed by atoms with Gasteiger partial charge in [0.15, 0.2) is 0 Å². The summed E-state index contributed by atoms with van der Waals surface area (Å²) in [7, 11) is 0. The van der Waals surface area contributed by atoms with E-state index in [4.69, 9.17) is 4.98 Å². The number of imidazole rings is 1. The Bertz CT molecular complexity index is 1520. The zero-order chi connectivity index (χ0) is 20.6. The molecule has 0 unspecified atom stereocenters. The van der Waals surface area contributed by atoms with Crippen LogP contribution in [0.3, 0.4) is 0 Å². The molecule has 1 heterocycles. The summed E-state index contributed by atoms with van der Waals surface area (Å²) in [5, 5.41) is 4.85. The summed E-state index contributed by atoms with van der Waals surface area (Å²) in [5.74, 6) is 0.888. The van der Waals surface area contributed by atoms with E-state index in [0.717, 1.165) is 33.9 Å². The third kappa shape index (κ3) is 3.01. The van der Waals surface area contributed by atoms with Crippen LogP contribution in [0.5, 0.6) is 0 Å². The topological polar surface area (TPSA) is 28.7 Å². The fourth-order valence-corrected chi connectivity index (χ4v) is 4.38. The first-order chi connectivity index (χ1) is 15.4. The first-order valence-electron chi connectivity index (χ1n) is 10.5. The molecule has 1 N–H and O–H groups in total. The van der Waals surface area contributed by atoms with Crippen LogP contribution < -0.4 is 0 Å². The lowest BCUT2D eigenvalue weighted by atomic mass is 9.99. The monoisotopic (exact) mass is 396 g/mol. The molecule has 2 nitrogen and oxygen atoms in total. The van der Waals surface area contributed by atoms with Gasteiger partial charge in [-0.3, -0.25) is 0 Å². The van der Waals surface area contributed by atoms with E-state index in [1.165, 1.54) is 21.5 Å². The number of fused-ring (bicyclic) bond motifs is 2. The summed E-state index contributed by atoms with van der Waals surface area (Å²) in [6.07, 6.45) is 0. The van der Waals surface area contributed by atoms with E-state index >= 15 is 0 Å². The van der Waals surface area contributed by atoms with Gasteiger partial charge in [0.2, 0.25) is 0 Å². The van der Waals surface area contributed by atoms with E-state index in [0.29, 0.717) is 0 Å². The molecule has 0 bridgehead atoms. The fraction of sp³-hybridized carbons (Fsp3) is 0. The van der Waals surface area contributed by atoms with Crippen molar-refractivity contribution in [3.8, 4) is 33.9 Å². The minimum atomic E-state index is 0.888. The van der Waals surface area contributed by atoms with Crippen molar-refractivity contribution in [2.24, 2.45) is 0 Å². The Kier molecular flexibility index (Phi) is 4.14. The highest BCUT2D eigenvalue weighted by molar-refractivity contribution is 6.00. The van der Waals surface area contributed by atoms with Crippen LogP contribution in [0.1, 0.15) is 0 Å². The summed E-state index contributed by atoms with van der Waals surface area (Å²) in [6, 6.07) is 40.2. The third-order valence-electron chi connectivity index (χ3n) is 5.85. The lowest BCUT2D eigenvalue weighted by Gasteiger charge is -2.07. The maximum absolute atomic E-state index is 5.13. The van der Waals surface area contributed by atoms with Crippen LogP contribution in [0.25, 0.3) is 55.4 Å². The summed E-state index contributed by atoms with van der Waals surface area (Å²) in [4.78, 5) is 8.81. The number of benzene rings is 5. The molecule has 0 saturated carbocycles. The van der Waals surface area contributed by atoms with Crippen molar-refractivity contribution >= 4 is 21.5 Å². The molecule has 2 heteroatoms. The van der Waals surface area contributed by atoms with Gasteiger partial charge in [0.25, 0.3) is 0 Å². The smallest absolute Gasteiger partial charge is 0.139 e. The first kappa shape index (κ1) is 17.7. The van der Waals surface area contributed by atoms with Crippen molar-refractivity contribution in [2.75, 3.05) is 0 Å². The second-order valence-electron chi connectivity index (χ2n) is 7.73. The van der Waals surface area contributed by atoms with Gasteiger partial charge in [0.1, 0.15) is 5.82 Å². The third-order valence-corrected chi connectivity index (χ3v) is 5.85. The number of rotatable bonds is 3. The zero-order valence-electron chi connectivity index (χ0n) is 16.9. The van der Waals surface area contributed by atoms with Crippen molar-refractivity contribution in [3.63, 3.8) is 0 Å². The number of aromatic nitrogens is 2. The molecule has 0 aliphatic heterocycles. The van der Waals surface area contributed by atoms with Gasteiger partial charge in [-0.05, 0) is 21.5 Å². The quantitative estimate of drug-likeness (QED) is 0.326. The number of nitrogens with one attached hydrogen (secondary N) is 1. The van der Waals surface area contributed by atoms with E-state index in [9.17, 15) is 0 Å². The molecular formula is C29H20N2. The molecule has 5 aromatic carbocycles. The number of aromatic amines is 1. The summed E-state index contributed by atoms with van der Waals surface area (Å²) < 4.78 is 0. The second kappa shape index (κ2) is 7.26. The van der Waals surface area contributed by atoms with Crippen molar-refractivity contribution in [1.29, 1.82) is 0 Å². The van der Waals surface area contributed by atoms with Crippen molar-refractivity contribution in [3.05, 3.63) is 115 Å². The van der Waals surface area contributed by atoms with Crippen molar-refractivity contribution in [2.45, 2.75) is 0 Å². The minimum absolute atomic E-state index is 0.888. The largest absolute Gasteiger partial charge is 0.337 e. The maximum atomic E-state index is 5.13. The number of hydrogen-bond donors (Lipinski definition) is 1. The van der Waals surface area contributed by atoms with Gasteiger partial charge >= 0.3 is 0 Å². The normalized spacial score (nSPS) is 11.2. The van der Waals surface area contributed by atoms with Crippen LogP contribution in [0, 0.1) is 0 Å². The van der Waals surface area contributed by atoms with Gasteiger partial charge in [0.05, 0.1) is 11.4 Å². The molecule has 0 aliphatic rings. The summed E-state index contributed by atoms with van der Waals surface area (Å²) in [6.45, 7) is 0. The molecule has 6 rings (SSSR count). The highest BCUT2D eigenvalue weighted by Crippen LogP contribution is 2.37. The Morgan fingerprint density at radius 3 is 1.74 bits per heavy atom. The van der Waals surface area contributed by atoms with Gasteiger partial charge in [-0.2, -0.15) is 0 Å². The molecule has 0 amide bonds. The van der Waals surface area contributed by atoms with Crippen LogP contribution in [0.4, 0.5) is 0 Å². The van der Waals surface area contributed by atoms with Gasteiger partial charge in [-0.25, -0.2) is 4.98 Å². The van der Waals surface area contributed by atoms with Crippen LogP contribution >= 0.6 is 0 Å². The lowest BCUT2D eigenvalue weighted by molar-refractivity contribution is 1.32. The Hall–Kier alpha value is -4.17. The standard InChI is InChI=1S/C29H20N2/c1-2-12-22(13-3-1)27-28(25-18-8-14-20-10-4-6-16-23(20)25)31-29(30-27)26-19-9-15-21-11-5-7-17-24(21)26/h1-19H,(H,30,31). The first-order valence-corrected chi connectivity index (χ1v) is 10.5. The van der Waals surface area contributed by atoms with Gasteiger partial charge in [-0.1, -0.05) is 115 Å². The highest BCUT2D eigenvalue weighted by atomic mass is 14.9. The van der Waals surface area contributed by atoms with Crippen LogP contribution in [-0.2, 0) is 0 Å². The number of hydrogen-bond acceptors (Lipinski definition) is 1. The Morgan fingerprint density at radius 2 is 1.03 bits per heavy atom. The van der Waals surface area contributed by atoms with E-state index in [1.807, 2.05) is 6.07 Å². The molecule has 0 fully saturated rings. The highest BCUT2D eigenvalue weighted by Gasteiger charge is 2.18. The van der Waals surface area contributed by atoms with E-state index < -0.39 is 0 Å². The van der Waals surface area contributed by atoms with Gasteiger partial charge in [-0.15, -0.1) is 0 Å². The van der Waals surface area contributed by atoms with Crippen LogP contribution in [-0.4, -0.2) is 9.97 Å². The molecular weight excluding hydrogens is 376 g/mol. The SMILES string of the molecule is c1ccc(-c2nc(-c3cccc4ccccc34)[nH]c2-c2cccc3ccccc23)cc1. The predicted octanol–water partition coefficient (Wildman–Crippen LogP) is 7.72. The molecule has 0 aliphatic carbocycles. The number of nitrogens with zero attached hydrogens (tertiary/aromatic N) is 1. The molecule has 0 radical (unpaired) electrons. The van der Waals surface area contributed by atoms with E-state index in [-0.39, 0.29) is 0 Å². The Balaban J connectivity index is 1.65. The zero-order valence-corrected chi connectivity index (χ0v) is 16.9. The summed E-state index contributed by atoms with van der Waals surface area (Å²) >= 11 is 0. The Labute approximate surface area is 180 Å². The number of H-pyrrole nitrogens is 1. The average Bonchev–Trinajstić information content (AvgIpc) is 3.29. The second-order valence-corrected chi connectivity index (χ2v) is 7.73. The molecule has 0 atom stereocenters.